The highest BCUT2D eigenvalue weighted by Crippen LogP contribution is 2.09. The standard InChI is InChI=1S/C11H14N8O2/c20-10(13-7-9-15-17-18-16-9)8-1-2-12-11(14-8)19-3-5-21-6-4-19/h1-2H,3-7H2,(H,13,20)(H,15,16,17,18). The van der Waals surface area contributed by atoms with Crippen LogP contribution < -0.4 is 10.2 Å². The largest absolute Gasteiger partial charge is 0.378 e. The molecule has 1 aliphatic heterocycles. The number of nitrogens with zero attached hydrogens (tertiary/aromatic N) is 6. The highest BCUT2D eigenvalue weighted by atomic mass is 16.5. The van der Waals surface area contributed by atoms with Crippen LogP contribution in [-0.4, -0.2) is 62.8 Å². The predicted octanol–water partition coefficient (Wildman–Crippen LogP) is -1.24. The number of tetrazole rings is 1. The minimum Gasteiger partial charge on any atom is -0.378 e. The molecule has 1 saturated heterocycles. The number of nitrogens with one attached hydrogen (secondary N) is 2. The number of carbonyl (C=O) groups is 1. The molecule has 2 N–H and O–H groups in total. The summed E-state index contributed by atoms with van der Waals surface area (Å²) in [6.07, 6.45) is 1.57. The average Bonchev–Trinajstić information content (AvgIpc) is 3.07. The number of hydrogen-bond donors (Lipinski definition) is 2. The quantitative estimate of drug-likeness (QED) is 0.716. The Morgan fingerprint density at radius 2 is 2.29 bits per heavy atom. The molecule has 2 aromatic heterocycles. The number of morpholine rings is 1. The number of amides is 1. The number of ether oxygens (including phenoxy) is 1. The van der Waals surface area contributed by atoms with E-state index in [4.69, 9.17) is 4.74 Å². The molecule has 0 saturated carbocycles. The zero-order valence-corrected chi connectivity index (χ0v) is 11.2. The van der Waals surface area contributed by atoms with E-state index in [1.54, 1.807) is 12.3 Å². The zero-order chi connectivity index (χ0) is 14.5. The normalized spacial score (nSPS) is 15.0. The van der Waals surface area contributed by atoms with Gasteiger partial charge in [0.2, 0.25) is 5.95 Å². The minimum atomic E-state index is -0.309. The van der Waals surface area contributed by atoms with E-state index in [2.05, 4.69) is 35.9 Å². The van der Waals surface area contributed by atoms with Crippen molar-refractivity contribution >= 4 is 11.9 Å². The molecule has 10 nitrogen and oxygen atoms in total. The Labute approximate surface area is 119 Å². The molecule has 0 radical (unpaired) electrons. The fraction of sp³-hybridized carbons (Fsp3) is 0.455. The summed E-state index contributed by atoms with van der Waals surface area (Å²) in [5, 5.41) is 15.9. The van der Waals surface area contributed by atoms with Crippen LogP contribution >= 0.6 is 0 Å². The van der Waals surface area contributed by atoms with E-state index in [1.807, 2.05) is 4.90 Å². The molecule has 3 rings (SSSR count). The van der Waals surface area contributed by atoms with Crippen molar-refractivity contribution in [2.24, 2.45) is 0 Å². The van der Waals surface area contributed by atoms with Gasteiger partial charge in [0.15, 0.2) is 5.82 Å². The number of rotatable bonds is 4. The van der Waals surface area contributed by atoms with Crippen LogP contribution in [0.1, 0.15) is 16.3 Å². The molecule has 0 unspecified atom stereocenters. The van der Waals surface area contributed by atoms with E-state index < -0.39 is 0 Å². The highest BCUT2D eigenvalue weighted by molar-refractivity contribution is 5.92. The lowest BCUT2D eigenvalue weighted by atomic mass is 10.3. The molecule has 0 aliphatic carbocycles. The van der Waals surface area contributed by atoms with Crippen molar-refractivity contribution in [3.8, 4) is 0 Å². The van der Waals surface area contributed by atoms with Crippen LogP contribution in [0.3, 0.4) is 0 Å². The van der Waals surface area contributed by atoms with Crippen LogP contribution in [0.25, 0.3) is 0 Å². The third-order valence-electron chi connectivity index (χ3n) is 2.97. The van der Waals surface area contributed by atoms with Gasteiger partial charge in [-0.05, 0) is 6.07 Å². The molecular formula is C11H14N8O2. The second kappa shape index (κ2) is 6.22. The van der Waals surface area contributed by atoms with Gasteiger partial charge in [-0.3, -0.25) is 4.79 Å². The number of H-pyrrole nitrogens is 1. The third kappa shape index (κ3) is 3.28. The average molecular weight is 290 g/mol. The monoisotopic (exact) mass is 290 g/mol. The molecule has 0 aromatic carbocycles. The highest BCUT2D eigenvalue weighted by Gasteiger charge is 2.16. The smallest absolute Gasteiger partial charge is 0.270 e. The Hall–Kier alpha value is -2.62. The van der Waals surface area contributed by atoms with Crippen molar-refractivity contribution in [3.63, 3.8) is 0 Å². The Morgan fingerprint density at radius 3 is 3.05 bits per heavy atom. The maximum absolute atomic E-state index is 12.0. The van der Waals surface area contributed by atoms with E-state index in [0.29, 0.717) is 43.8 Å². The molecule has 0 bridgehead atoms. The maximum atomic E-state index is 12.0. The van der Waals surface area contributed by atoms with Crippen molar-refractivity contribution in [3.05, 3.63) is 23.8 Å². The lowest BCUT2D eigenvalue weighted by molar-refractivity contribution is 0.0944. The summed E-state index contributed by atoms with van der Waals surface area (Å²) >= 11 is 0. The topological polar surface area (TPSA) is 122 Å². The molecular weight excluding hydrogens is 276 g/mol. The summed E-state index contributed by atoms with van der Waals surface area (Å²) in [6.45, 7) is 2.89. The van der Waals surface area contributed by atoms with Gasteiger partial charge in [0.1, 0.15) is 5.69 Å². The first kappa shape index (κ1) is 13.4. The van der Waals surface area contributed by atoms with Gasteiger partial charge in [0.05, 0.1) is 19.8 Å². The molecule has 1 fully saturated rings. The van der Waals surface area contributed by atoms with Gasteiger partial charge in [-0.1, -0.05) is 5.21 Å². The van der Waals surface area contributed by atoms with Gasteiger partial charge >= 0.3 is 0 Å². The van der Waals surface area contributed by atoms with E-state index in [1.165, 1.54) is 0 Å². The predicted molar refractivity (Wildman–Crippen MR) is 70.4 cm³/mol. The number of aromatic amines is 1. The van der Waals surface area contributed by atoms with Gasteiger partial charge in [0.25, 0.3) is 5.91 Å². The fourth-order valence-corrected chi connectivity index (χ4v) is 1.90. The van der Waals surface area contributed by atoms with E-state index >= 15 is 0 Å². The summed E-state index contributed by atoms with van der Waals surface area (Å²) in [5.74, 6) is 0.632. The van der Waals surface area contributed by atoms with E-state index in [0.717, 1.165) is 0 Å². The number of carbonyl (C=O) groups excluding carboxylic acids is 1. The maximum Gasteiger partial charge on any atom is 0.270 e. The number of anilines is 1. The molecule has 0 spiro atoms. The van der Waals surface area contributed by atoms with Gasteiger partial charge in [-0.15, -0.1) is 10.2 Å². The van der Waals surface area contributed by atoms with Gasteiger partial charge < -0.3 is 15.0 Å². The van der Waals surface area contributed by atoms with E-state index in [9.17, 15) is 4.79 Å². The van der Waals surface area contributed by atoms with Gasteiger partial charge in [-0.2, -0.15) is 5.21 Å². The Morgan fingerprint density at radius 1 is 1.43 bits per heavy atom. The van der Waals surface area contributed by atoms with Crippen LogP contribution in [0.15, 0.2) is 12.3 Å². The first-order valence-corrected chi connectivity index (χ1v) is 6.49. The molecule has 1 aliphatic rings. The Balaban J connectivity index is 1.65. The summed E-state index contributed by atoms with van der Waals surface area (Å²) in [7, 11) is 0. The van der Waals surface area contributed by atoms with E-state index in [-0.39, 0.29) is 12.5 Å². The molecule has 2 aromatic rings. The van der Waals surface area contributed by atoms with Crippen LogP contribution in [-0.2, 0) is 11.3 Å². The molecule has 0 atom stereocenters. The van der Waals surface area contributed by atoms with Gasteiger partial charge in [0, 0.05) is 19.3 Å². The molecule has 3 heterocycles. The third-order valence-corrected chi connectivity index (χ3v) is 2.97. The Kier molecular flexibility index (Phi) is 3.96. The number of hydrogen-bond acceptors (Lipinski definition) is 8. The molecule has 1 amide bonds. The Bertz CT molecular complexity index is 596. The SMILES string of the molecule is O=C(NCc1nn[nH]n1)c1ccnc(N2CCOCC2)n1. The van der Waals surface area contributed by atoms with Crippen LogP contribution in [0.5, 0.6) is 0 Å². The number of aromatic nitrogens is 6. The first-order valence-electron chi connectivity index (χ1n) is 6.49. The zero-order valence-electron chi connectivity index (χ0n) is 11.2. The second-order valence-corrected chi connectivity index (χ2v) is 4.35. The van der Waals surface area contributed by atoms with Crippen molar-refractivity contribution in [2.75, 3.05) is 31.2 Å². The van der Waals surface area contributed by atoms with Crippen LogP contribution in [0.4, 0.5) is 5.95 Å². The van der Waals surface area contributed by atoms with Crippen molar-refractivity contribution < 1.29 is 9.53 Å². The summed E-state index contributed by atoms with van der Waals surface area (Å²) < 4.78 is 5.28. The van der Waals surface area contributed by atoms with Crippen LogP contribution in [0, 0.1) is 0 Å². The summed E-state index contributed by atoms with van der Waals surface area (Å²) in [4.78, 5) is 22.5. The molecule has 10 heteroatoms. The first-order chi connectivity index (χ1) is 10.3. The minimum absolute atomic E-state index is 0.187. The molecule has 110 valence electrons. The van der Waals surface area contributed by atoms with Crippen LogP contribution in [0.2, 0.25) is 0 Å². The second-order valence-electron chi connectivity index (χ2n) is 4.35. The van der Waals surface area contributed by atoms with Crippen molar-refractivity contribution in [1.29, 1.82) is 0 Å². The van der Waals surface area contributed by atoms with Crippen molar-refractivity contribution in [2.45, 2.75) is 6.54 Å². The van der Waals surface area contributed by atoms with Gasteiger partial charge in [-0.25, -0.2) is 9.97 Å². The summed E-state index contributed by atoms with van der Waals surface area (Å²) in [6, 6.07) is 1.56. The molecule has 21 heavy (non-hydrogen) atoms. The lowest BCUT2D eigenvalue weighted by Gasteiger charge is -2.26. The lowest BCUT2D eigenvalue weighted by Crippen LogP contribution is -2.37. The summed E-state index contributed by atoms with van der Waals surface area (Å²) in [5.41, 5.74) is 0.301. The van der Waals surface area contributed by atoms with Crippen molar-refractivity contribution in [1.82, 2.24) is 35.9 Å². The fourth-order valence-electron chi connectivity index (χ4n) is 1.90.